The van der Waals surface area contributed by atoms with E-state index in [9.17, 15) is 12.8 Å². The highest BCUT2D eigenvalue weighted by Crippen LogP contribution is 2.28. The highest BCUT2D eigenvalue weighted by Gasteiger charge is 2.21. The number of nitrogens with two attached hydrogens (primary N) is 1. The highest BCUT2D eigenvalue weighted by atomic mass is 32.2. The minimum atomic E-state index is -3.66. The summed E-state index contributed by atoms with van der Waals surface area (Å²) in [6.07, 6.45) is 4.37. The van der Waals surface area contributed by atoms with E-state index in [0.29, 0.717) is 12.5 Å². The zero-order chi connectivity index (χ0) is 14.8. The third-order valence-corrected chi connectivity index (χ3v) is 5.40. The van der Waals surface area contributed by atoms with E-state index in [0.717, 1.165) is 37.7 Å². The Bertz CT molecular complexity index is 567. The Balaban J connectivity index is 1.98. The third kappa shape index (κ3) is 3.70. The summed E-state index contributed by atoms with van der Waals surface area (Å²) in [6, 6.07) is 3.55. The topological polar surface area (TPSA) is 72.2 Å². The van der Waals surface area contributed by atoms with Crippen molar-refractivity contribution in [3.8, 4) is 0 Å². The number of benzene rings is 1. The molecule has 3 N–H and O–H groups in total. The monoisotopic (exact) mass is 300 g/mol. The fraction of sp³-hybridized carbons (Fsp3) is 0.571. The minimum absolute atomic E-state index is 0.0507. The molecule has 1 aliphatic rings. The molecule has 0 amide bonds. The minimum Gasteiger partial charge on any atom is -0.396 e. The maximum atomic E-state index is 13.3. The molecule has 1 aromatic carbocycles. The van der Waals surface area contributed by atoms with Crippen molar-refractivity contribution < 1.29 is 12.8 Å². The molecule has 6 heteroatoms. The van der Waals surface area contributed by atoms with E-state index in [1.807, 2.05) is 0 Å². The normalized spacial score (nSPS) is 23.7. The van der Waals surface area contributed by atoms with Crippen LogP contribution in [0.4, 0.5) is 10.1 Å². The Labute approximate surface area is 119 Å². The number of anilines is 1. The number of hydrogen-bond acceptors (Lipinski definition) is 3. The Morgan fingerprint density at radius 1 is 1.30 bits per heavy atom. The largest absolute Gasteiger partial charge is 0.396 e. The second-order valence-electron chi connectivity index (χ2n) is 5.66. The van der Waals surface area contributed by atoms with E-state index in [1.165, 1.54) is 12.1 Å². The van der Waals surface area contributed by atoms with E-state index >= 15 is 0 Å². The van der Waals surface area contributed by atoms with Gasteiger partial charge in [-0.2, -0.15) is 0 Å². The summed E-state index contributed by atoms with van der Waals surface area (Å²) in [6.45, 7) is 2.64. The Hall–Kier alpha value is -1.14. The van der Waals surface area contributed by atoms with Crippen LogP contribution in [-0.4, -0.2) is 15.0 Å². The van der Waals surface area contributed by atoms with Gasteiger partial charge in [0.2, 0.25) is 10.0 Å². The summed E-state index contributed by atoms with van der Waals surface area (Å²) < 4.78 is 40.1. The molecule has 0 spiro atoms. The van der Waals surface area contributed by atoms with Gasteiger partial charge < -0.3 is 5.73 Å². The van der Waals surface area contributed by atoms with Crippen molar-refractivity contribution in [3.63, 3.8) is 0 Å². The first-order valence-corrected chi connectivity index (χ1v) is 8.41. The molecule has 1 aromatic rings. The molecule has 0 bridgehead atoms. The van der Waals surface area contributed by atoms with Gasteiger partial charge in [0.05, 0.1) is 10.6 Å². The van der Waals surface area contributed by atoms with Crippen LogP contribution in [-0.2, 0) is 10.0 Å². The van der Waals surface area contributed by atoms with Gasteiger partial charge in [-0.15, -0.1) is 0 Å². The molecular weight excluding hydrogens is 279 g/mol. The highest BCUT2D eigenvalue weighted by molar-refractivity contribution is 7.89. The molecule has 1 aliphatic carbocycles. The molecule has 4 nitrogen and oxygen atoms in total. The number of sulfonamides is 1. The third-order valence-electron chi connectivity index (χ3n) is 3.98. The smallest absolute Gasteiger partial charge is 0.240 e. The molecule has 0 radical (unpaired) electrons. The molecule has 0 atom stereocenters. The molecule has 1 fully saturated rings. The number of rotatable bonds is 4. The van der Waals surface area contributed by atoms with Gasteiger partial charge in [-0.1, -0.05) is 19.8 Å². The molecule has 20 heavy (non-hydrogen) atoms. The zero-order valence-corrected chi connectivity index (χ0v) is 12.4. The van der Waals surface area contributed by atoms with Crippen molar-refractivity contribution in [1.82, 2.24) is 4.72 Å². The fourth-order valence-corrected chi connectivity index (χ4v) is 3.65. The van der Waals surface area contributed by atoms with Gasteiger partial charge in [-0.3, -0.25) is 0 Å². The molecule has 0 saturated heterocycles. The van der Waals surface area contributed by atoms with Crippen LogP contribution in [0.5, 0.6) is 0 Å². The lowest BCUT2D eigenvalue weighted by Crippen LogP contribution is -2.31. The maximum absolute atomic E-state index is 13.3. The van der Waals surface area contributed by atoms with Crippen LogP contribution < -0.4 is 10.5 Å². The fourth-order valence-electron chi connectivity index (χ4n) is 2.52. The SMILES string of the molecule is CC1CCC(CNS(=O)(=O)c2ccc(N)c(F)c2)CC1. The zero-order valence-electron chi connectivity index (χ0n) is 11.6. The second kappa shape index (κ2) is 6.10. The number of nitrogens with one attached hydrogen (secondary N) is 1. The molecule has 0 heterocycles. The Morgan fingerprint density at radius 2 is 1.95 bits per heavy atom. The molecule has 112 valence electrons. The van der Waals surface area contributed by atoms with Gasteiger partial charge in [-0.25, -0.2) is 17.5 Å². The number of halogens is 1. The number of hydrogen-bond donors (Lipinski definition) is 2. The van der Waals surface area contributed by atoms with Crippen LogP contribution in [0.2, 0.25) is 0 Å². The molecule has 2 rings (SSSR count). The van der Waals surface area contributed by atoms with E-state index in [2.05, 4.69) is 11.6 Å². The maximum Gasteiger partial charge on any atom is 0.240 e. The lowest BCUT2D eigenvalue weighted by atomic mass is 9.83. The summed E-state index contributed by atoms with van der Waals surface area (Å²) in [5.41, 5.74) is 5.29. The summed E-state index contributed by atoms with van der Waals surface area (Å²) in [5.74, 6) is 0.396. The number of nitrogen functional groups attached to an aromatic ring is 1. The van der Waals surface area contributed by atoms with Crippen LogP contribution >= 0.6 is 0 Å². The average molecular weight is 300 g/mol. The van der Waals surface area contributed by atoms with E-state index < -0.39 is 15.8 Å². The summed E-state index contributed by atoms with van der Waals surface area (Å²) in [5, 5.41) is 0. The summed E-state index contributed by atoms with van der Waals surface area (Å²) in [7, 11) is -3.66. The van der Waals surface area contributed by atoms with Gasteiger partial charge in [-0.05, 0) is 42.9 Å². The average Bonchev–Trinajstić information content (AvgIpc) is 2.41. The van der Waals surface area contributed by atoms with Crippen molar-refractivity contribution in [1.29, 1.82) is 0 Å². The van der Waals surface area contributed by atoms with Gasteiger partial charge >= 0.3 is 0 Å². The van der Waals surface area contributed by atoms with Crippen molar-refractivity contribution in [2.75, 3.05) is 12.3 Å². The predicted octanol–water partition coefficient (Wildman–Crippen LogP) is 2.51. The predicted molar refractivity (Wildman–Crippen MR) is 77.1 cm³/mol. The molecule has 1 saturated carbocycles. The summed E-state index contributed by atoms with van der Waals surface area (Å²) in [4.78, 5) is -0.0756. The van der Waals surface area contributed by atoms with Crippen molar-refractivity contribution in [3.05, 3.63) is 24.0 Å². The van der Waals surface area contributed by atoms with E-state index in [4.69, 9.17) is 5.73 Å². The molecule has 0 unspecified atom stereocenters. The van der Waals surface area contributed by atoms with Gasteiger partial charge in [0.1, 0.15) is 5.82 Å². The van der Waals surface area contributed by atoms with E-state index in [-0.39, 0.29) is 10.6 Å². The first-order chi connectivity index (χ1) is 9.38. The van der Waals surface area contributed by atoms with Crippen molar-refractivity contribution in [2.24, 2.45) is 11.8 Å². The quantitative estimate of drug-likeness (QED) is 0.839. The van der Waals surface area contributed by atoms with Gasteiger partial charge in [0, 0.05) is 6.54 Å². The van der Waals surface area contributed by atoms with Crippen LogP contribution in [0.25, 0.3) is 0 Å². The van der Waals surface area contributed by atoms with Crippen LogP contribution in [0.1, 0.15) is 32.6 Å². The van der Waals surface area contributed by atoms with Crippen LogP contribution in [0.15, 0.2) is 23.1 Å². The van der Waals surface area contributed by atoms with Crippen LogP contribution in [0, 0.1) is 17.7 Å². The van der Waals surface area contributed by atoms with Crippen LogP contribution in [0.3, 0.4) is 0 Å². The lowest BCUT2D eigenvalue weighted by molar-refractivity contribution is 0.290. The van der Waals surface area contributed by atoms with Gasteiger partial charge in [0.25, 0.3) is 0 Å². The second-order valence-corrected chi connectivity index (χ2v) is 7.43. The Kier molecular flexibility index (Phi) is 4.65. The first-order valence-electron chi connectivity index (χ1n) is 6.93. The van der Waals surface area contributed by atoms with E-state index in [1.54, 1.807) is 0 Å². The lowest BCUT2D eigenvalue weighted by Gasteiger charge is -2.26. The molecule has 0 aromatic heterocycles. The summed E-state index contributed by atoms with van der Waals surface area (Å²) >= 11 is 0. The molecule has 0 aliphatic heterocycles. The first kappa shape index (κ1) is 15.3. The molecular formula is C14H21FN2O2S. The van der Waals surface area contributed by atoms with Gasteiger partial charge in [0.15, 0.2) is 0 Å². The Morgan fingerprint density at radius 3 is 2.55 bits per heavy atom. The van der Waals surface area contributed by atoms with Crippen molar-refractivity contribution >= 4 is 15.7 Å². The standard InChI is InChI=1S/C14H21FN2O2S/c1-10-2-4-11(5-3-10)9-17-20(18,19)12-6-7-14(16)13(15)8-12/h6-8,10-11,17H,2-5,9,16H2,1H3. The van der Waals surface area contributed by atoms with Crippen molar-refractivity contribution in [2.45, 2.75) is 37.5 Å².